The van der Waals surface area contributed by atoms with Crippen molar-refractivity contribution < 1.29 is 18.0 Å². The van der Waals surface area contributed by atoms with Crippen molar-refractivity contribution in [1.82, 2.24) is 10.2 Å². The number of sulfonamides is 1. The molecule has 0 spiro atoms. The van der Waals surface area contributed by atoms with E-state index in [-0.39, 0.29) is 31.3 Å². The number of carbonyl (C=O) groups excluding carboxylic acids is 2. The van der Waals surface area contributed by atoms with Crippen LogP contribution in [-0.2, 0) is 32.6 Å². The van der Waals surface area contributed by atoms with Gasteiger partial charge in [0.05, 0.1) is 22.0 Å². The first-order chi connectivity index (χ1) is 17.0. The molecule has 198 valence electrons. The number of nitrogens with one attached hydrogen (secondary N) is 1. The van der Waals surface area contributed by atoms with Crippen molar-refractivity contribution in [1.29, 1.82) is 0 Å². The molecule has 0 heterocycles. The topological polar surface area (TPSA) is 86.8 Å². The van der Waals surface area contributed by atoms with Crippen LogP contribution in [0, 0.1) is 0 Å². The number of nitrogens with zero attached hydrogens (tertiary/aromatic N) is 2. The third-order valence-corrected chi connectivity index (χ3v) is 7.77. The molecule has 2 aromatic carbocycles. The summed E-state index contributed by atoms with van der Waals surface area (Å²) in [6.07, 6.45) is 3.15. The highest BCUT2D eigenvalue weighted by atomic mass is 35.5. The highest BCUT2D eigenvalue weighted by Gasteiger charge is 2.26. The van der Waals surface area contributed by atoms with Crippen molar-refractivity contribution in [2.45, 2.75) is 59.0 Å². The molecule has 7 nitrogen and oxygen atoms in total. The maximum Gasteiger partial charge on any atom is 0.242 e. The standard InChI is InChI=1S/C26H35Cl2N3O4S/c1-5-15-29-26(33)19(3)30(18-21-11-14-23(27)24(28)17-21)25(32)8-7-16-31(36(4,34)35)22-12-9-20(6-2)10-13-22/h9-14,17,19H,5-8,15-16,18H2,1-4H3,(H,29,33)/t19-/m0/s1. The smallest absolute Gasteiger partial charge is 0.242 e. The van der Waals surface area contributed by atoms with Crippen LogP contribution in [0.5, 0.6) is 0 Å². The third-order valence-electron chi connectivity index (χ3n) is 5.84. The van der Waals surface area contributed by atoms with Gasteiger partial charge in [0.1, 0.15) is 6.04 Å². The Morgan fingerprint density at radius 3 is 2.19 bits per heavy atom. The van der Waals surface area contributed by atoms with Gasteiger partial charge < -0.3 is 10.2 Å². The summed E-state index contributed by atoms with van der Waals surface area (Å²) in [5.41, 5.74) is 2.40. The van der Waals surface area contributed by atoms with E-state index in [2.05, 4.69) is 5.32 Å². The van der Waals surface area contributed by atoms with Crippen LogP contribution in [0.2, 0.25) is 10.0 Å². The molecule has 0 bridgehead atoms. The van der Waals surface area contributed by atoms with Gasteiger partial charge in [-0.05, 0) is 61.6 Å². The van der Waals surface area contributed by atoms with Gasteiger partial charge >= 0.3 is 0 Å². The highest BCUT2D eigenvalue weighted by molar-refractivity contribution is 7.92. The fourth-order valence-corrected chi connectivity index (χ4v) is 5.00. The lowest BCUT2D eigenvalue weighted by Crippen LogP contribution is -2.47. The summed E-state index contributed by atoms with van der Waals surface area (Å²) >= 11 is 12.2. The first-order valence-electron chi connectivity index (χ1n) is 12.1. The van der Waals surface area contributed by atoms with E-state index in [0.717, 1.165) is 30.2 Å². The van der Waals surface area contributed by atoms with E-state index in [1.54, 1.807) is 37.3 Å². The van der Waals surface area contributed by atoms with Crippen LogP contribution in [0.3, 0.4) is 0 Å². The van der Waals surface area contributed by atoms with Gasteiger partial charge in [-0.25, -0.2) is 8.42 Å². The van der Waals surface area contributed by atoms with Gasteiger partial charge in [-0.2, -0.15) is 0 Å². The van der Waals surface area contributed by atoms with Crippen LogP contribution in [0.1, 0.15) is 51.2 Å². The summed E-state index contributed by atoms with van der Waals surface area (Å²) in [4.78, 5) is 27.5. The number of carbonyl (C=O) groups is 2. The molecule has 1 N–H and O–H groups in total. The van der Waals surface area contributed by atoms with E-state index in [1.165, 1.54) is 9.21 Å². The van der Waals surface area contributed by atoms with E-state index in [4.69, 9.17) is 23.2 Å². The van der Waals surface area contributed by atoms with Crippen LogP contribution in [0.25, 0.3) is 0 Å². The molecular formula is C26H35Cl2N3O4S. The van der Waals surface area contributed by atoms with Crippen molar-refractivity contribution in [3.05, 3.63) is 63.6 Å². The summed E-state index contributed by atoms with van der Waals surface area (Å²) in [5, 5.41) is 3.60. The fraction of sp³-hybridized carbons (Fsp3) is 0.462. The van der Waals surface area contributed by atoms with Gasteiger partial charge in [-0.3, -0.25) is 13.9 Å². The number of anilines is 1. The quantitative estimate of drug-likeness (QED) is 0.374. The number of benzene rings is 2. The summed E-state index contributed by atoms with van der Waals surface area (Å²) in [7, 11) is -3.54. The van der Waals surface area contributed by atoms with Crippen LogP contribution < -0.4 is 9.62 Å². The van der Waals surface area contributed by atoms with Gasteiger partial charge in [0.15, 0.2) is 0 Å². The Morgan fingerprint density at radius 1 is 1.00 bits per heavy atom. The minimum Gasteiger partial charge on any atom is -0.354 e. The van der Waals surface area contributed by atoms with Crippen LogP contribution in [0.4, 0.5) is 5.69 Å². The number of rotatable bonds is 13. The molecule has 2 amide bonds. The summed E-state index contributed by atoms with van der Waals surface area (Å²) in [6.45, 7) is 6.49. The van der Waals surface area contributed by atoms with Crippen molar-refractivity contribution in [3.8, 4) is 0 Å². The molecule has 36 heavy (non-hydrogen) atoms. The monoisotopic (exact) mass is 555 g/mol. The first kappa shape index (κ1) is 29.9. The Labute approximate surface area is 224 Å². The summed E-state index contributed by atoms with van der Waals surface area (Å²) in [6, 6.07) is 11.7. The Morgan fingerprint density at radius 2 is 1.64 bits per heavy atom. The second-order valence-electron chi connectivity index (χ2n) is 8.70. The molecule has 0 aromatic heterocycles. The fourth-order valence-electron chi connectivity index (χ4n) is 3.72. The first-order valence-corrected chi connectivity index (χ1v) is 14.7. The molecule has 10 heteroatoms. The van der Waals surface area contributed by atoms with Gasteiger partial charge in [-0.15, -0.1) is 0 Å². The van der Waals surface area contributed by atoms with E-state index >= 15 is 0 Å². The Bertz CT molecular complexity index is 1140. The molecule has 0 aliphatic rings. The molecule has 2 rings (SSSR count). The van der Waals surface area contributed by atoms with Gasteiger partial charge in [0.25, 0.3) is 0 Å². The summed E-state index contributed by atoms with van der Waals surface area (Å²) in [5.74, 6) is -0.506. The lowest BCUT2D eigenvalue weighted by Gasteiger charge is -2.29. The second-order valence-corrected chi connectivity index (χ2v) is 11.4. The number of halogens is 2. The zero-order chi connectivity index (χ0) is 26.9. The Hall–Kier alpha value is -2.29. The number of amides is 2. The van der Waals surface area contributed by atoms with Crippen molar-refractivity contribution in [2.24, 2.45) is 0 Å². The molecule has 0 aliphatic carbocycles. The zero-order valence-corrected chi connectivity index (χ0v) is 23.6. The molecule has 0 radical (unpaired) electrons. The minimum atomic E-state index is -3.54. The highest BCUT2D eigenvalue weighted by Crippen LogP contribution is 2.24. The van der Waals surface area contributed by atoms with Crippen LogP contribution >= 0.6 is 23.2 Å². The Balaban J connectivity index is 2.17. The van der Waals surface area contributed by atoms with Gasteiger partial charge in [-0.1, -0.05) is 55.2 Å². The predicted molar refractivity (Wildman–Crippen MR) is 147 cm³/mol. The van der Waals surface area contributed by atoms with Crippen molar-refractivity contribution in [3.63, 3.8) is 0 Å². The molecular weight excluding hydrogens is 521 g/mol. The number of hydrogen-bond donors (Lipinski definition) is 1. The predicted octanol–water partition coefficient (Wildman–Crippen LogP) is 5.05. The third kappa shape index (κ3) is 8.68. The zero-order valence-electron chi connectivity index (χ0n) is 21.3. The van der Waals surface area contributed by atoms with Crippen LogP contribution in [0.15, 0.2) is 42.5 Å². The normalized spacial score (nSPS) is 12.2. The van der Waals surface area contributed by atoms with Crippen molar-refractivity contribution >= 4 is 50.7 Å². The van der Waals surface area contributed by atoms with Gasteiger partial charge in [0, 0.05) is 26.1 Å². The maximum absolute atomic E-state index is 13.3. The Kier molecular flexibility index (Phi) is 11.5. The second kappa shape index (κ2) is 13.9. The number of hydrogen-bond acceptors (Lipinski definition) is 4. The van der Waals surface area contributed by atoms with E-state index in [0.29, 0.717) is 28.7 Å². The lowest BCUT2D eigenvalue weighted by molar-refractivity contribution is -0.140. The lowest BCUT2D eigenvalue weighted by atomic mass is 10.1. The van der Waals surface area contributed by atoms with E-state index in [1.807, 2.05) is 26.0 Å². The van der Waals surface area contributed by atoms with Crippen molar-refractivity contribution in [2.75, 3.05) is 23.7 Å². The van der Waals surface area contributed by atoms with E-state index in [9.17, 15) is 18.0 Å². The average molecular weight is 557 g/mol. The maximum atomic E-state index is 13.3. The van der Waals surface area contributed by atoms with Crippen LogP contribution in [-0.4, -0.2) is 50.5 Å². The molecule has 2 aromatic rings. The molecule has 0 fully saturated rings. The average Bonchev–Trinajstić information content (AvgIpc) is 2.84. The number of aryl methyl sites for hydroxylation is 1. The molecule has 0 saturated carbocycles. The SMILES string of the molecule is CCCNC(=O)[C@H](C)N(Cc1ccc(Cl)c(Cl)c1)C(=O)CCCN(c1ccc(CC)cc1)S(C)(=O)=O. The molecule has 0 unspecified atom stereocenters. The molecule has 0 aliphatic heterocycles. The van der Waals surface area contributed by atoms with E-state index < -0.39 is 16.1 Å². The largest absolute Gasteiger partial charge is 0.354 e. The molecule has 0 saturated heterocycles. The molecule has 1 atom stereocenters. The minimum absolute atomic E-state index is 0.0752. The van der Waals surface area contributed by atoms with Gasteiger partial charge in [0.2, 0.25) is 21.8 Å². The summed E-state index contributed by atoms with van der Waals surface area (Å²) < 4.78 is 26.2.